The van der Waals surface area contributed by atoms with E-state index in [4.69, 9.17) is 10.5 Å². The van der Waals surface area contributed by atoms with E-state index in [1.807, 2.05) is 23.3 Å². The predicted molar refractivity (Wildman–Crippen MR) is 120 cm³/mol. The van der Waals surface area contributed by atoms with E-state index >= 15 is 0 Å². The van der Waals surface area contributed by atoms with Gasteiger partial charge in [0.1, 0.15) is 11.9 Å². The van der Waals surface area contributed by atoms with Crippen LogP contribution in [0, 0.1) is 23.0 Å². The molecule has 2 heterocycles. The van der Waals surface area contributed by atoms with Gasteiger partial charge < -0.3 is 20.3 Å². The van der Waals surface area contributed by atoms with Crippen molar-refractivity contribution in [3.05, 3.63) is 64.7 Å². The maximum absolute atomic E-state index is 13.9. The third-order valence-electron chi connectivity index (χ3n) is 5.56. The van der Waals surface area contributed by atoms with Gasteiger partial charge in [0.2, 0.25) is 0 Å². The van der Waals surface area contributed by atoms with Gasteiger partial charge in [-0.25, -0.2) is 8.78 Å². The number of anilines is 2. The van der Waals surface area contributed by atoms with Crippen molar-refractivity contribution in [2.75, 3.05) is 22.9 Å². The summed E-state index contributed by atoms with van der Waals surface area (Å²) in [4.78, 5) is 16.0. The molecule has 0 spiro atoms. The van der Waals surface area contributed by atoms with Gasteiger partial charge in [-0.1, -0.05) is 11.8 Å². The molecule has 2 aromatic rings. The summed E-state index contributed by atoms with van der Waals surface area (Å²) >= 11 is 1.34. The van der Waals surface area contributed by atoms with Crippen molar-refractivity contribution in [3.63, 3.8) is 0 Å². The fourth-order valence-corrected chi connectivity index (χ4v) is 4.97. The maximum Gasteiger partial charge on any atom is 0.251 e. The molecule has 2 aromatic carbocycles. The van der Waals surface area contributed by atoms with Gasteiger partial charge in [-0.05, 0) is 42.7 Å². The third kappa shape index (κ3) is 4.36. The Morgan fingerprint density at radius 2 is 1.94 bits per heavy atom. The number of primary amides is 1. The van der Waals surface area contributed by atoms with E-state index in [2.05, 4.69) is 11.0 Å². The van der Waals surface area contributed by atoms with Crippen LogP contribution in [0.1, 0.15) is 25.3 Å². The van der Waals surface area contributed by atoms with Gasteiger partial charge in [0.25, 0.3) is 5.91 Å². The highest BCUT2D eigenvalue weighted by atomic mass is 32.2. The summed E-state index contributed by atoms with van der Waals surface area (Å²) in [5.41, 5.74) is 8.61. The number of thioether (sulfide) groups is 1. The number of allylic oxidation sites excluding steroid dienone is 1. The molecule has 1 fully saturated rings. The lowest BCUT2D eigenvalue weighted by molar-refractivity contribution is -0.117. The molecule has 0 aliphatic carbocycles. The Morgan fingerprint density at radius 1 is 1.19 bits per heavy atom. The second-order valence-electron chi connectivity index (χ2n) is 7.71. The minimum absolute atomic E-state index is 0.0445. The molecule has 32 heavy (non-hydrogen) atoms. The molecule has 0 bridgehead atoms. The molecule has 166 valence electrons. The van der Waals surface area contributed by atoms with E-state index in [-0.39, 0.29) is 11.9 Å². The van der Waals surface area contributed by atoms with Crippen LogP contribution in [0.5, 0.6) is 5.75 Å². The Morgan fingerprint density at radius 3 is 2.59 bits per heavy atom. The first-order chi connectivity index (χ1) is 15.4. The van der Waals surface area contributed by atoms with Crippen LogP contribution in [0.15, 0.2) is 47.5 Å². The van der Waals surface area contributed by atoms with Crippen LogP contribution in [0.4, 0.5) is 20.2 Å². The molecule has 9 heteroatoms. The highest BCUT2D eigenvalue weighted by molar-refractivity contribution is 8.03. The third-order valence-corrected chi connectivity index (χ3v) is 6.74. The summed E-state index contributed by atoms with van der Waals surface area (Å²) in [6.07, 6.45) is 1.08. The van der Waals surface area contributed by atoms with Crippen LogP contribution in [-0.4, -0.2) is 30.5 Å². The topological polar surface area (TPSA) is 82.6 Å². The van der Waals surface area contributed by atoms with Crippen molar-refractivity contribution in [1.29, 1.82) is 5.26 Å². The lowest BCUT2D eigenvalue weighted by atomic mass is 10.0. The SMILES string of the molecule is CC1=CSC(C(N)=O)N1c1cc(C#N)ccc1N1CCC(Oc2ccc(F)cc2F)CC1. The Balaban J connectivity index is 1.54. The second-order valence-corrected chi connectivity index (χ2v) is 8.67. The van der Waals surface area contributed by atoms with Crippen molar-refractivity contribution in [1.82, 2.24) is 0 Å². The van der Waals surface area contributed by atoms with E-state index in [1.54, 1.807) is 12.1 Å². The number of nitriles is 1. The zero-order valence-electron chi connectivity index (χ0n) is 17.4. The molecule has 0 saturated carbocycles. The van der Waals surface area contributed by atoms with Crippen molar-refractivity contribution < 1.29 is 18.3 Å². The first kappa shape index (κ1) is 22.0. The number of benzene rings is 2. The summed E-state index contributed by atoms with van der Waals surface area (Å²) < 4.78 is 32.8. The molecule has 0 radical (unpaired) electrons. The van der Waals surface area contributed by atoms with Gasteiger partial charge in [-0.2, -0.15) is 5.26 Å². The first-order valence-corrected chi connectivity index (χ1v) is 11.1. The predicted octanol–water partition coefficient (Wildman–Crippen LogP) is 4.11. The number of hydrogen-bond acceptors (Lipinski definition) is 6. The number of nitrogens with zero attached hydrogens (tertiary/aromatic N) is 3. The zero-order chi connectivity index (χ0) is 22.8. The van der Waals surface area contributed by atoms with Crippen LogP contribution >= 0.6 is 11.8 Å². The van der Waals surface area contributed by atoms with Crippen LogP contribution in [-0.2, 0) is 4.79 Å². The number of nitrogens with two attached hydrogens (primary N) is 1. The van der Waals surface area contributed by atoms with Gasteiger partial charge in [0.05, 0.1) is 23.0 Å². The quantitative estimate of drug-likeness (QED) is 0.729. The largest absolute Gasteiger partial charge is 0.487 e. The highest BCUT2D eigenvalue weighted by Crippen LogP contribution is 2.41. The smallest absolute Gasteiger partial charge is 0.251 e. The highest BCUT2D eigenvalue weighted by Gasteiger charge is 2.33. The Hall–Kier alpha value is -3.25. The molecule has 2 aliphatic heterocycles. The fraction of sp³-hybridized carbons (Fsp3) is 0.304. The molecule has 0 aromatic heterocycles. The normalized spacial score (nSPS) is 18.9. The van der Waals surface area contributed by atoms with E-state index in [0.29, 0.717) is 31.5 Å². The molecule has 2 N–H and O–H groups in total. The van der Waals surface area contributed by atoms with Gasteiger partial charge in [-0.3, -0.25) is 4.79 Å². The summed E-state index contributed by atoms with van der Waals surface area (Å²) in [7, 11) is 0. The number of piperidine rings is 1. The van der Waals surface area contributed by atoms with Gasteiger partial charge in [0, 0.05) is 37.7 Å². The van der Waals surface area contributed by atoms with Gasteiger partial charge in [0.15, 0.2) is 16.9 Å². The standard InChI is InChI=1S/C23H22F2N4O2S/c1-14-13-32-23(22(27)30)29(14)20-10-15(12-26)2-4-19(20)28-8-6-17(7-9-28)31-21-5-3-16(24)11-18(21)25/h2-5,10-11,13,17,23H,6-9H2,1H3,(H2,27,30). The Bertz CT molecular complexity index is 1110. The van der Waals surface area contributed by atoms with Crippen molar-refractivity contribution in [2.45, 2.75) is 31.2 Å². The minimum Gasteiger partial charge on any atom is -0.487 e. The number of rotatable bonds is 5. The number of halogens is 2. The molecule has 6 nitrogen and oxygen atoms in total. The van der Waals surface area contributed by atoms with E-state index in [0.717, 1.165) is 23.1 Å². The molecule has 4 rings (SSSR count). The number of carbonyl (C=O) groups is 1. The summed E-state index contributed by atoms with van der Waals surface area (Å²) in [5.74, 6) is -1.77. The molecule has 1 unspecified atom stereocenters. The Kier molecular flexibility index (Phi) is 6.24. The lowest BCUT2D eigenvalue weighted by Crippen LogP contribution is -2.42. The van der Waals surface area contributed by atoms with E-state index < -0.39 is 22.9 Å². The van der Waals surface area contributed by atoms with Gasteiger partial charge in [-0.15, -0.1) is 0 Å². The summed E-state index contributed by atoms with van der Waals surface area (Å²) in [6, 6.07) is 10.8. The Labute approximate surface area is 189 Å². The maximum atomic E-state index is 13.9. The molecule has 1 atom stereocenters. The van der Waals surface area contributed by atoms with E-state index in [9.17, 15) is 18.8 Å². The molecule has 1 amide bonds. The average Bonchev–Trinajstić information content (AvgIpc) is 3.17. The van der Waals surface area contributed by atoms with Gasteiger partial charge >= 0.3 is 0 Å². The van der Waals surface area contributed by atoms with Crippen molar-refractivity contribution in [2.24, 2.45) is 5.73 Å². The lowest BCUT2D eigenvalue weighted by Gasteiger charge is -2.37. The number of hydrogen-bond donors (Lipinski definition) is 1. The van der Waals surface area contributed by atoms with Crippen molar-refractivity contribution in [3.8, 4) is 11.8 Å². The average molecular weight is 457 g/mol. The van der Waals surface area contributed by atoms with E-state index in [1.165, 1.54) is 23.9 Å². The first-order valence-electron chi connectivity index (χ1n) is 10.2. The van der Waals surface area contributed by atoms with Crippen LogP contribution < -0.4 is 20.3 Å². The minimum atomic E-state index is -0.715. The summed E-state index contributed by atoms with van der Waals surface area (Å²) in [5, 5.41) is 10.7. The second kappa shape index (κ2) is 9.09. The molecule has 2 aliphatic rings. The van der Waals surface area contributed by atoms with Crippen LogP contribution in [0.2, 0.25) is 0 Å². The monoisotopic (exact) mass is 456 g/mol. The molecular formula is C23H22F2N4O2S. The fourth-order valence-electron chi connectivity index (χ4n) is 3.99. The van der Waals surface area contributed by atoms with Crippen molar-refractivity contribution >= 4 is 29.0 Å². The molecule has 1 saturated heterocycles. The summed E-state index contributed by atoms with van der Waals surface area (Å²) in [6.45, 7) is 3.17. The number of amides is 1. The van der Waals surface area contributed by atoms with Crippen LogP contribution in [0.3, 0.4) is 0 Å². The van der Waals surface area contributed by atoms with Crippen LogP contribution in [0.25, 0.3) is 0 Å². The number of ether oxygens (including phenoxy) is 1. The zero-order valence-corrected chi connectivity index (χ0v) is 18.2. The molecular weight excluding hydrogens is 434 g/mol. The number of carbonyl (C=O) groups excluding carboxylic acids is 1.